The number of benzene rings is 1. The van der Waals surface area contributed by atoms with Gasteiger partial charge in [-0.1, -0.05) is 0 Å². The molecule has 1 aliphatic heterocycles. The van der Waals surface area contributed by atoms with Crippen LogP contribution in [0.5, 0.6) is 5.75 Å². The lowest BCUT2D eigenvalue weighted by Crippen LogP contribution is -2.30. The lowest BCUT2D eigenvalue weighted by Gasteiger charge is -2.23. The summed E-state index contributed by atoms with van der Waals surface area (Å²) < 4.78 is 11.7. The number of rotatable bonds is 4. The molecule has 2 heterocycles. The van der Waals surface area contributed by atoms with Gasteiger partial charge in [-0.25, -0.2) is 9.89 Å². The summed E-state index contributed by atoms with van der Waals surface area (Å²) in [4.78, 5) is 11.0. The van der Waals surface area contributed by atoms with Crippen molar-refractivity contribution in [2.75, 3.05) is 19.7 Å². The molecule has 3 rings (SSSR count). The van der Waals surface area contributed by atoms with Gasteiger partial charge in [0.1, 0.15) is 5.75 Å². The van der Waals surface area contributed by atoms with Crippen LogP contribution in [0, 0.1) is 5.92 Å². The van der Waals surface area contributed by atoms with Crippen molar-refractivity contribution in [1.82, 2.24) is 15.5 Å². The van der Waals surface area contributed by atoms with E-state index in [2.05, 4.69) is 31.4 Å². The Kier molecular flexibility index (Phi) is 4.40. The fourth-order valence-electron chi connectivity index (χ4n) is 2.36. The smallest absolute Gasteiger partial charge is 0.434 e. The molecule has 0 saturated carbocycles. The molecule has 0 spiro atoms. The first kappa shape index (κ1) is 14.3. The Morgan fingerprint density at radius 2 is 2.19 bits per heavy atom. The average Bonchev–Trinajstić information content (AvgIpc) is 2.94. The van der Waals surface area contributed by atoms with Crippen LogP contribution in [-0.4, -0.2) is 29.9 Å². The maximum absolute atomic E-state index is 11.0. The van der Waals surface area contributed by atoms with Gasteiger partial charge in [0, 0.05) is 5.56 Å². The summed E-state index contributed by atoms with van der Waals surface area (Å²) >= 11 is 3.48. The topological polar surface area (TPSA) is 80.2 Å². The van der Waals surface area contributed by atoms with Gasteiger partial charge in [0.15, 0.2) is 0 Å². The first-order valence-electron chi connectivity index (χ1n) is 6.91. The van der Waals surface area contributed by atoms with Crippen LogP contribution in [-0.2, 0) is 0 Å². The summed E-state index contributed by atoms with van der Waals surface area (Å²) in [6, 6.07) is 5.51. The maximum atomic E-state index is 11.0. The van der Waals surface area contributed by atoms with E-state index in [9.17, 15) is 4.79 Å². The second-order valence-corrected chi connectivity index (χ2v) is 5.92. The zero-order valence-corrected chi connectivity index (χ0v) is 13.0. The molecule has 1 fully saturated rings. The van der Waals surface area contributed by atoms with Crippen molar-refractivity contribution in [2.24, 2.45) is 5.92 Å². The standard InChI is InChI=1S/C14H16BrN3O3/c15-11-2-1-10(13-17-18-14(19)21-13)7-12(11)20-8-9-3-5-16-6-4-9/h1-2,7,9,16H,3-6,8H2,(H,18,19). The van der Waals surface area contributed by atoms with Crippen LogP contribution in [0.15, 0.2) is 31.9 Å². The molecule has 1 aromatic heterocycles. The van der Waals surface area contributed by atoms with Crippen LogP contribution in [0.4, 0.5) is 0 Å². The van der Waals surface area contributed by atoms with Gasteiger partial charge in [-0.3, -0.25) is 0 Å². The molecule has 21 heavy (non-hydrogen) atoms. The van der Waals surface area contributed by atoms with E-state index in [1.54, 1.807) is 0 Å². The molecule has 1 aliphatic rings. The van der Waals surface area contributed by atoms with Gasteiger partial charge in [-0.2, -0.15) is 0 Å². The molecule has 2 N–H and O–H groups in total. The first-order valence-corrected chi connectivity index (χ1v) is 7.70. The third kappa shape index (κ3) is 3.54. The number of H-pyrrole nitrogens is 1. The van der Waals surface area contributed by atoms with E-state index in [1.807, 2.05) is 18.2 Å². The lowest BCUT2D eigenvalue weighted by atomic mass is 9.99. The summed E-state index contributed by atoms with van der Waals surface area (Å²) in [5, 5.41) is 9.42. The Hall–Kier alpha value is -1.60. The van der Waals surface area contributed by atoms with Gasteiger partial charge in [-0.05, 0) is 66.0 Å². The fourth-order valence-corrected chi connectivity index (χ4v) is 2.72. The molecule has 1 saturated heterocycles. The highest BCUT2D eigenvalue weighted by atomic mass is 79.9. The highest BCUT2D eigenvalue weighted by Crippen LogP contribution is 2.30. The maximum Gasteiger partial charge on any atom is 0.434 e. The van der Waals surface area contributed by atoms with Crippen molar-refractivity contribution in [3.8, 4) is 17.2 Å². The minimum absolute atomic E-state index is 0.263. The minimum Gasteiger partial charge on any atom is -0.492 e. The number of halogens is 1. The van der Waals surface area contributed by atoms with E-state index in [1.165, 1.54) is 0 Å². The number of aromatic amines is 1. The van der Waals surface area contributed by atoms with Gasteiger partial charge < -0.3 is 14.5 Å². The summed E-state index contributed by atoms with van der Waals surface area (Å²) in [7, 11) is 0. The molecule has 0 aliphatic carbocycles. The van der Waals surface area contributed by atoms with Gasteiger partial charge >= 0.3 is 5.76 Å². The van der Waals surface area contributed by atoms with Crippen LogP contribution in [0.25, 0.3) is 11.5 Å². The van der Waals surface area contributed by atoms with Gasteiger partial charge in [0.05, 0.1) is 11.1 Å². The van der Waals surface area contributed by atoms with Crippen molar-refractivity contribution in [3.05, 3.63) is 33.2 Å². The number of aromatic nitrogens is 2. The predicted molar refractivity (Wildman–Crippen MR) is 81.3 cm³/mol. The van der Waals surface area contributed by atoms with Crippen LogP contribution < -0.4 is 15.8 Å². The van der Waals surface area contributed by atoms with Crippen LogP contribution >= 0.6 is 15.9 Å². The Bertz CT molecular complexity index is 661. The largest absolute Gasteiger partial charge is 0.492 e. The molecule has 7 heteroatoms. The predicted octanol–water partition coefficient (Wildman–Crippen LogP) is 2.17. The van der Waals surface area contributed by atoms with Crippen molar-refractivity contribution >= 4 is 15.9 Å². The second-order valence-electron chi connectivity index (χ2n) is 5.07. The molecule has 0 atom stereocenters. The molecule has 112 valence electrons. The Balaban J connectivity index is 1.73. The van der Waals surface area contributed by atoms with E-state index >= 15 is 0 Å². The molecule has 0 unspecified atom stereocenters. The quantitative estimate of drug-likeness (QED) is 0.880. The number of hydrogen-bond donors (Lipinski definition) is 2. The molecular formula is C14H16BrN3O3. The van der Waals surface area contributed by atoms with Gasteiger partial charge in [0.2, 0.25) is 5.89 Å². The van der Waals surface area contributed by atoms with E-state index in [-0.39, 0.29) is 5.89 Å². The highest BCUT2D eigenvalue weighted by molar-refractivity contribution is 9.10. The first-order chi connectivity index (χ1) is 10.2. The summed E-state index contributed by atoms with van der Waals surface area (Å²) in [6.45, 7) is 2.79. The molecule has 2 aromatic rings. The third-order valence-electron chi connectivity index (χ3n) is 3.55. The average molecular weight is 354 g/mol. The Labute approximate surface area is 130 Å². The molecule has 0 radical (unpaired) electrons. The van der Waals surface area contributed by atoms with E-state index < -0.39 is 5.76 Å². The van der Waals surface area contributed by atoms with Crippen LogP contribution in [0.3, 0.4) is 0 Å². The van der Waals surface area contributed by atoms with Gasteiger partial charge in [0.25, 0.3) is 0 Å². The number of ether oxygens (including phenoxy) is 1. The van der Waals surface area contributed by atoms with Crippen molar-refractivity contribution in [1.29, 1.82) is 0 Å². The van der Waals surface area contributed by atoms with Crippen LogP contribution in [0.2, 0.25) is 0 Å². The van der Waals surface area contributed by atoms with Crippen LogP contribution in [0.1, 0.15) is 12.8 Å². The number of hydrogen-bond acceptors (Lipinski definition) is 5. The SMILES string of the molecule is O=c1[nH]nc(-c2ccc(Br)c(OCC3CCNCC3)c2)o1. The van der Waals surface area contributed by atoms with Crippen molar-refractivity contribution in [3.63, 3.8) is 0 Å². The summed E-state index contributed by atoms with van der Waals surface area (Å²) in [6.07, 6.45) is 2.26. The zero-order valence-electron chi connectivity index (χ0n) is 11.4. The molecule has 6 nitrogen and oxygen atoms in total. The highest BCUT2D eigenvalue weighted by Gasteiger charge is 2.15. The number of nitrogens with zero attached hydrogens (tertiary/aromatic N) is 1. The molecule has 0 amide bonds. The molecular weight excluding hydrogens is 338 g/mol. The van der Waals surface area contributed by atoms with E-state index in [4.69, 9.17) is 9.15 Å². The van der Waals surface area contributed by atoms with Gasteiger partial charge in [-0.15, -0.1) is 5.10 Å². The third-order valence-corrected chi connectivity index (χ3v) is 4.20. The Morgan fingerprint density at radius 3 is 2.90 bits per heavy atom. The summed E-state index contributed by atoms with van der Waals surface area (Å²) in [5.41, 5.74) is 0.705. The van der Waals surface area contributed by atoms with Crippen molar-refractivity contribution in [2.45, 2.75) is 12.8 Å². The van der Waals surface area contributed by atoms with Crippen molar-refractivity contribution < 1.29 is 9.15 Å². The number of nitrogens with one attached hydrogen (secondary N) is 2. The molecule has 1 aromatic carbocycles. The zero-order chi connectivity index (χ0) is 14.7. The Morgan fingerprint density at radius 1 is 1.38 bits per heavy atom. The molecule has 0 bridgehead atoms. The van der Waals surface area contributed by atoms with E-state index in [0.717, 1.165) is 36.2 Å². The minimum atomic E-state index is -0.565. The fraction of sp³-hybridized carbons (Fsp3) is 0.429. The monoisotopic (exact) mass is 353 g/mol. The summed E-state index contributed by atoms with van der Waals surface area (Å²) in [5.74, 6) is 1.01. The second kappa shape index (κ2) is 6.44. The number of piperidine rings is 1. The normalized spacial score (nSPS) is 16.0. The lowest BCUT2D eigenvalue weighted by molar-refractivity contribution is 0.214. The van der Waals surface area contributed by atoms with E-state index in [0.29, 0.717) is 18.1 Å².